The molecular weight excluding hydrogens is 314 g/mol. The molecule has 0 spiro atoms. The molecule has 0 aliphatic rings. The van der Waals surface area contributed by atoms with Crippen molar-refractivity contribution in [3.63, 3.8) is 0 Å². The second-order valence-corrected chi connectivity index (χ2v) is 4.75. The number of nitrogens with zero attached hydrogens (tertiary/aromatic N) is 1. The van der Waals surface area contributed by atoms with Crippen molar-refractivity contribution < 1.29 is 8.78 Å². The fraction of sp³-hybridized carbons (Fsp3) is 0.0714. The van der Waals surface area contributed by atoms with Gasteiger partial charge in [0.2, 0.25) is 0 Å². The van der Waals surface area contributed by atoms with Crippen LogP contribution in [0.3, 0.4) is 0 Å². The first-order chi connectivity index (χ1) is 9.10. The van der Waals surface area contributed by atoms with Crippen LogP contribution in [-0.2, 0) is 6.54 Å². The standard InChI is InChI=1S/C14H9BrF2N2/c15-12-6-11(3-4-13(12)16)19-8-10-2-1-9(7-18)5-14(10)17/h1-6,19H,8H2. The highest BCUT2D eigenvalue weighted by Gasteiger charge is 2.04. The molecule has 0 aliphatic carbocycles. The molecule has 1 N–H and O–H groups in total. The SMILES string of the molecule is N#Cc1ccc(CNc2ccc(F)c(Br)c2)c(F)c1. The van der Waals surface area contributed by atoms with Gasteiger partial charge in [0.1, 0.15) is 11.6 Å². The molecule has 2 nitrogen and oxygen atoms in total. The first kappa shape index (κ1) is 13.5. The number of nitrogens with one attached hydrogen (secondary N) is 1. The van der Waals surface area contributed by atoms with Gasteiger partial charge in [-0.2, -0.15) is 5.26 Å². The van der Waals surface area contributed by atoms with Crippen molar-refractivity contribution in [2.24, 2.45) is 0 Å². The molecule has 0 heterocycles. The summed E-state index contributed by atoms with van der Waals surface area (Å²) in [6, 6.07) is 10.6. The van der Waals surface area contributed by atoms with Gasteiger partial charge in [-0.05, 0) is 46.3 Å². The highest BCUT2D eigenvalue weighted by Crippen LogP contribution is 2.21. The maximum atomic E-state index is 13.6. The molecular formula is C14H9BrF2N2. The van der Waals surface area contributed by atoms with E-state index in [4.69, 9.17) is 5.26 Å². The number of hydrogen-bond donors (Lipinski definition) is 1. The van der Waals surface area contributed by atoms with Crippen molar-refractivity contribution in [3.8, 4) is 6.07 Å². The van der Waals surface area contributed by atoms with Crippen LogP contribution in [0.25, 0.3) is 0 Å². The van der Waals surface area contributed by atoms with E-state index < -0.39 is 5.82 Å². The van der Waals surface area contributed by atoms with Crippen LogP contribution in [0.5, 0.6) is 0 Å². The van der Waals surface area contributed by atoms with Crippen LogP contribution >= 0.6 is 15.9 Å². The summed E-state index contributed by atoms with van der Waals surface area (Å²) in [7, 11) is 0. The molecule has 0 bridgehead atoms. The summed E-state index contributed by atoms with van der Waals surface area (Å²) in [6.45, 7) is 0.260. The smallest absolute Gasteiger partial charge is 0.137 e. The van der Waals surface area contributed by atoms with E-state index in [0.29, 0.717) is 15.7 Å². The number of halogens is 3. The van der Waals surface area contributed by atoms with Gasteiger partial charge in [-0.25, -0.2) is 8.78 Å². The van der Waals surface area contributed by atoms with E-state index in [2.05, 4.69) is 21.2 Å². The second-order valence-electron chi connectivity index (χ2n) is 3.90. The molecule has 0 unspecified atom stereocenters. The molecule has 0 saturated carbocycles. The van der Waals surface area contributed by atoms with Crippen LogP contribution in [0.1, 0.15) is 11.1 Å². The lowest BCUT2D eigenvalue weighted by Crippen LogP contribution is -2.02. The Morgan fingerprint density at radius 3 is 2.53 bits per heavy atom. The van der Waals surface area contributed by atoms with Gasteiger partial charge in [0.15, 0.2) is 0 Å². The average molecular weight is 323 g/mol. The second kappa shape index (κ2) is 5.81. The molecule has 0 radical (unpaired) electrons. The largest absolute Gasteiger partial charge is 0.381 e. The minimum absolute atomic E-state index is 0.260. The Balaban J connectivity index is 2.10. The average Bonchev–Trinajstić information content (AvgIpc) is 2.41. The summed E-state index contributed by atoms with van der Waals surface area (Å²) in [5, 5.41) is 11.6. The highest BCUT2D eigenvalue weighted by atomic mass is 79.9. The van der Waals surface area contributed by atoms with Gasteiger partial charge in [0, 0.05) is 17.8 Å². The summed E-state index contributed by atoms with van der Waals surface area (Å²) in [4.78, 5) is 0. The topological polar surface area (TPSA) is 35.8 Å². The van der Waals surface area contributed by atoms with Crippen LogP contribution in [-0.4, -0.2) is 0 Å². The molecule has 2 aromatic rings. The zero-order valence-corrected chi connectivity index (χ0v) is 11.3. The van der Waals surface area contributed by atoms with E-state index in [0.717, 1.165) is 0 Å². The van der Waals surface area contributed by atoms with Crippen LogP contribution < -0.4 is 5.32 Å². The lowest BCUT2D eigenvalue weighted by Gasteiger charge is -2.08. The quantitative estimate of drug-likeness (QED) is 0.918. The van der Waals surface area contributed by atoms with Gasteiger partial charge in [0.25, 0.3) is 0 Å². The van der Waals surface area contributed by atoms with Crippen LogP contribution in [0.2, 0.25) is 0 Å². The van der Waals surface area contributed by atoms with Gasteiger partial charge in [-0.3, -0.25) is 0 Å². The summed E-state index contributed by atoms with van der Waals surface area (Å²) in [5.41, 5.74) is 1.40. The fourth-order valence-corrected chi connectivity index (χ4v) is 1.94. The first-order valence-electron chi connectivity index (χ1n) is 5.47. The van der Waals surface area contributed by atoms with Crippen molar-refractivity contribution in [2.75, 3.05) is 5.32 Å². The van der Waals surface area contributed by atoms with E-state index >= 15 is 0 Å². The van der Waals surface area contributed by atoms with Gasteiger partial charge in [0.05, 0.1) is 16.1 Å². The van der Waals surface area contributed by atoms with Gasteiger partial charge < -0.3 is 5.32 Å². The maximum Gasteiger partial charge on any atom is 0.137 e. The predicted octanol–water partition coefficient (Wildman–Crippen LogP) is 4.21. The Kier molecular flexibility index (Phi) is 4.13. The summed E-state index contributed by atoms with van der Waals surface area (Å²) < 4.78 is 27.0. The highest BCUT2D eigenvalue weighted by molar-refractivity contribution is 9.10. The Labute approximate surface area is 117 Å². The molecule has 5 heteroatoms. The monoisotopic (exact) mass is 322 g/mol. The molecule has 0 fully saturated rings. The summed E-state index contributed by atoms with van der Waals surface area (Å²) >= 11 is 3.08. The summed E-state index contributed by atoms with van der Waals surface area (Å²) in [5.74, 6) is -0.789. The summed E-state index contributed by atoms with van der Waals surface area (Å²) in [6.07, 6.45) is 0. The van der Waals surface area contributed by atoms with E-state index in [9.17, 15) is 8.78 Å². The van der Waals surface area contributed by atoms with Crippen LogP contribution in [0.15, 0.2) is 40.9 Å². The number of hydrogen-bond acceptors (Lipinski definition) is 2. The molecule has 0 aliphatic heterocycles. The van der Waals surface area contributed by atoms with Crippen molar-refractivity contribution >= 4 is 21.6 Å². The molecule has 2 rings (SSSR count). The molecule has 96 valence electrons. The Bertz CT molecular complexity index is 650. The third-order valence-electron chi connectivity index (χ3n) is 2.58. The number of benzene rings is 2. The zero-order chi connectivity index (χ0) is 13.8. The predicted molar refractivity (Wildman–Crippen MR) is 72.5 cm³/mol. The number of rotatable bonds is 3. The molecule has 2 aromatic carbocycles. The van der Waals surface area contributed by atoms with Crippen LogP contribution in [0.4, 0.5) is 14.5 Å². The molecule has 0 saturated heterocycles. The molecule has 19 heavy (non-hydrogen) atoms. The third kappa shape index (κ3) is 3.30. The van der Waals surface area contributed by atoms with Crippen LogP contribution in [0, 0.1) is 23.0 Å². The number of anilines is 1. The Morgan fingerprint density at radius 2 is 1.89 bits per heavy atom. The van der Waals surface area contributed by atoms with Gasteiger partial charge in [-0.15, -0.1) is 0 Å². The minimum Gasteiger partial charge on any atom is -0.381 e. The van der Waals surface area contributed by atoms with E-state index in [-0.39, 0.29) is 17.9 Å². The molecule has 0 aromatic heterocycles. The lowest BCUT2D eigenvalue weighted by molar-refractivity contribution is 0.612. The van der Waals surface area contributed by atoms with Crippen molar-refractivity contribution in [1.82, 2.24) is 0 Å². The van der Waals surface area contributed by atoms with E-state index in [1.807, 2.05) is 6.07 Å². The van der Waals surface area contributed by atoms with Crippen molar-refractivity contribution in [2.45, 2.75) is 6.54 Å². The minimum atomic E-state index is -0.437. The fourth-order valence-electron chi connectivity index (χ4n) is 1.56. The number of nitriles is 1. The van der Waals surface area contributed by atoms with Crippen molar-refractivity contribution in [1.29, 1.82) is 5.26 Å². The Hall–Kier alpha value is -1.93. The molecule has 0 amide bonds. The normalized spacial score (nSPS) is 10.0. The third-order valence-corrected chi connectivity index (χ3v) is 3.19. The van der Waals surface area contributed by atoms with Gasteiger partial charge >= 0.3 is 0 Å². The maximum absolute atomic E-state index is 13.6. The lowest BCUT2D eigenvalue weighted by atomic mass is 10.1. The van der Waals surface area contributed by atoms with Crippen molar-refractivity contribution in [3.05, 3.63) is 63.6 Å². The first-order valence-corrected chi connectivity index (χ1v) is 6.27. The van der Waals surface area contributed by atoms with E-state index in [1.54, 1.807) is 24.3 Å². The molecule has 0 atom stereocenters. The zero-order valence-electron chi connectivity index (χ0n) is 9.75. The Morgan fingerprint density at radius 1 is 1.11 bits per heavy atom. The van der Waals surface area contributed by atoms with Gasteiger partial charge in [-0.1, -0.05) is 6.07 Å². The van der Waals surface area contributed by atoms with E-state index in [1.165, 1.54) is 12.1 Å².